The molecule has 0 radical (unpaired) electrons. The molecule has 4 heteroatoms. The van der Waals surface area contributed by atoms with E-state index in [1.54, 1.807) is 6.07 Å². The normalized spacial score (nSPS) is 12.9. The first-order valence-corrected chi connectivity index (χ1v) is 9.09. The number of hydrogen-bond donors (Lipinski definition) is 1. The molecule has 0 fully saturated rings. The van der Waals surface area contributed by atoms with E-state index in [4.69, 9.17) is 11.6 Å². The molecule has 0 amide bonds. The summed E-state index contributed by atoms with van der Waals surface area (Å²) >= 11 is 9.47. The summed E-state index contributed by atoms with van der Waals surface area (Å²) in [6, 6.07) is 3.29. The lowest BCUT2D eigenvalue weighted by Gasteiger charge is -2.29. The number of nitrogens with one attached hydrogen (secondary N) is 1. The fraction of sp³-hybridized carbons (Fsp3) is 0.647. The molecule has 0 aromatic heterocycles. The zero-order valence-electron chi connectivity index (χ0n) is 13.2. The van der Waals surface area contributed by atoms with E-state index in [1.807, 2.05) is 0 Å². The van der Waals surface area contributed by atoms with Crippen LogP contribution in [-0.4, -0.2) is 6.54 Å². The van der Waals surface area contributed by atoms with Crippen molar-refractivity contribution in [1.82, 2.24) is 5.32 Å². The Labute approximate surface area is 141 Å². The van der Waals surface area contributed by atoms with Crippen molar-refractivity contribution in [2.24, 2.45) is 5.92 Å². The summed E-state index contributed by atoms with van der Waals surface area (Å²) in [5.41, 5.74) is 0.698. The summed E-state index contributed by atoms with van der Waals surface area (Å²) in [5.74, 6) is 0.260. The van der Waals surface area contributed by atoms with Crippen molar-refractivity contribution < 1.29 is 4.39 Å². The lowest BCUT2D eigenvalue weighted by molar-refractivity contribution is 0.309. The van der Waals surface area contributed by atoms with Gasteiger partial charge in [-0.3, -0.25) is 0 Å². The lowest BCUT2D eigenvalue weighted by Crippen LogP contribution is -2.30. The van der Waals surface area contributed by atoms with Gasteiger partial charge in [-0.15, -0.1) is 0 Å². The summed E-state index contributed by atoms with van der Waals surface area (Å²) in [6.45, 7) is 7.39. The van der Waals surface area contributed by atoms with Crippen LogP contribution in [0.5, 0.6) is 0 Å². The van der Waals surface area contributed by atoms with Gasteiger partial charge in [-0.1, -0.05) is 45.2 Å². The van der Waals surface area contributed by atoms with Crippen molar-refractivity contribution in [2.45, 2.75) is 58.9 Å². The number of rotatable bonds is 9. The molecule has 0 bridgehead atoms. The Kier molecular flexibility index (Phi) is 8.84. The van der Waals surface area contributed by atoms with E-state index >= 15 is 0 Å². The van der Waals surface area contributed by atoms with Gasteiger partial charge in [0.25, 0.3) is 0 Å². The van der Waals surface area contributed by atoms with Crippen molar-refractivity contribution in [3.63, 3.8) is 0 Å². The number of halogens is 3. The quantitative estimate of drug-likeness (QED) is 0.484. The van der Waals surface area contributed by atoms with Crippen LogP contribution in [-0.2, 0) is 0 Å². The second-order valence-corrected chi connectivity index (χ2v) is 6.82. The summed E-state index contributed by atoms with van der Waals surface area (Å²) in [5, 5.41) is 4.10. The Morgan fingerprint density at radius 2 is 1.76 bits per heavy atom. The first-order chi connectivity index (χ1) is 10.0. The van der Waals surface area contributed by atoms with Crippen molar-refractivity contribution >= 4 is 27.5 Å². The maximum Gasteiger partial charge on any atom is 0.129 e. The predicted molar refractivity (Wildman–Crippen MR) is 93.5 cm³/mol. The molecule has 1 rings (SSSR count). The van der Waals surface area contributed by atoms with E-state index in [0.29, 0.717) is 21.0 Å². The van der Waals surface area contributed by atoms with Gasteiger partial charge in [-0.05, 0) is 59.8 Å². The van der Waals surface area contributed by atoms with Gasteiger partial charge in [0.2, 0.25) is 0 Å². The van der Waals surface area contributed by atoms with Crippen molar-refractivity contribution in [1.29, 1.82) is 0 Å². The molecule has 0 spiro atoms. The average molecular weight is 379 g/mol. The molecule has 1 aromatic carbocycles. The molecule has 21 heavy (non-hydrogen) atoms. The zero-order valence-corrected chi connectivity index (χ0v) is 15.5. The monoisotopic (exact) mass is 377 g/mol. The number of hydrogen-bond acceptors (Lipinski definition) is 1. The molecule has 0 aliphatic carbocycles. The summed E-state index contributed by atoms with van der Waals surface area (Å²) in [6.07, 6.45) is 5.46. The van der Waals surface area contributed by atoms with Gasteiger partial charge < -0.3 is 5.32 Å². The molecule has 1 nitrogen and oxygen atoms in total. The van der Waals surface area contributed by atoms with Gasteiger partial charge in [-0.25, -0.2) is 4.39 Å². The minimum atomic E-state index is -0.183. The Morgan fingerprint density at radius 3 is 2.29 bits per heavy atom. The van der Waals surface area contributed by atoms with E-state index in [9.17, 15) is 4.39 Å². The third-order valence-electron chi connectivity index (χ3n) is 3.78. The molecule has 1 aromatic rings. The van der Waals surface area contributed by atoms with Crippen molar-refractivity contribution in [3.8, 4) is 0 Å². The van der Waals surface area contributed by atoms with Crippen LogP contribution >= 0.6 is 27.5 Å². The molecule has 0 heterocycles. The van der Waals surface area contributed by atoms with Gasteiger partial charge in [0.15, 0.2) is 0 Å². The van der Waals surface area contributed by atoms with Gasteiger partial charge >= 0.3 is 0 Å². The largest absolute Gasteiger partial charge is 0.310 e. The van der Waals surface area contributed by atoms with Crippen LogP contribution in [0.3, 0.4) is 0 Å². The van der Waals surface area contributed by atoms with Crippen LogP contribution in [0.25, 0.3) is 0 Å². The molecule has 1 unspecified atom stereocenters. The molecule has 1 N–H and O–H groups in total. The minimum absolute atomic E-state index is 0.0375. The summed E-state index contributed by atoms with van der Waals surface area (Å²) in [7, 11) is 0. The van der Waals surface area contributed by atoms with Crippen LogP contribution in [0, 0.1) is 11.7 Å². The van der Waals surface area contributed by atoms with Gasteiger partial charge in [0.1, 0.15) is 5.82 Å². The third-order valence-corrected chi connectivity index (χ3v) is 4.98. The average Bonchev–Trinajstić information content (AvgIpc) is 2.44. The maximum atomic E-state index is 14.4. The van der Waals surface area contributed by atoms with Gasteiger partial charge in [0.05, 0.1) is 5.02 Å². The summed E-state index contributed by atoms with van der Waals surface area (Å²) in [4.78, 5) is 0. The molecule has 0 saturated heterocycles. The molecule has 120 valence electrons. The number of benzene rings is 1. The molecule has 0 aliphatic rings. The van der Waals surface area contributed by atoms with Gasteiger partial charge in [-0.2, -0.15) is 0 Å². The topological polar surface area (TPSA) is 12.0 Å². The molecule has 1 atom stereocenters. The highest BCUT2D eigenvalue weighted by atomic mass is 79.9. The van der Waals surface area contributed by atoms with Crippen LogP contribution in [0.4, 0.5) is 4.39 Å². The summed E-state index contributed by atoms with van der Waals surface area (Å²) < 4.78 is 15.0. The van der Waals surface area contributed by atoms with E-state index in [0.717, 1.165) is 38.6 Å². The Morgan fingerprint density at radius 1 is 1.14 bits per heavy atom. The van der Waals surface area contributed by atoms with Crippen LogP contribution < -0.4 is 5.32 Å². The van der Waals surface area contributed by atoms with Crippen LogP contribution in [0.2, 0.25) is 5.02 Å². The van der Waals surface area contributed by atoms with Crippen LogP contribution in [0.15, 0.2) is 16.6 Å². The Balaban J connectivity index is 3.13. The van der Waals surface area contributed by atoms with Crippen molar-refractivity contribution in [3.05, 3.63) is 33.0 Å². The molecule has 0 saturated carbocycles. The molecular weight excluding hydrogens is 353 g/mol. The van der Waals surface area contributed by atoms with Gasteiger partial charge in [0, 0.05) is 16.1 Å². The highest BCUT2D eigenvalue weighted by Gasteiger charge is 2.25. The van der Waals surface area contributed by atoms with E-state index in [-0.39, 0.29) is 11.9 Å². The lowest BCUT2D eigenvalue weighted by atomic mass is 9.85. The molecular formula is C17H26BrClFN. The highest BCUT2D eigenvalue weighted by Crippen LogP contribution is 2.35. The second kappa shape index (κ2) is 9.81. The third kappa shape index (κ3) is 5.54. The van der Waals surface area contributed by atoms with E-state index in [2.05, 4.69) is 42.0 Å². The van der Waals surface area contributed by atoms with E-state index < -0.39 is 0 Å². The standard InChI is InChI=1S/C17H26BrClFN/c1-4-7-12(8-5-2)17(21-9-6-3)13-10-15(19)14(18)11-16(13)20/h10-12,17,21H,4-9H2,1-3H3. The fourth-order valence-electron chi connectivity index (χ4n) is 2.83. The first-order valence-electron chi connectivity index (χ1n) is 7.92. The molecule has 0 aliphatic heterocycles. The van der Waals surface area contributed by atoms with Crippen LogP contribution in [0.1, 0.15) is 64.5 Å². The first kappa shape index (κ1) is 18.9. The second-order valence-electron chi connectivity index (χ2n) is 5.56. The zero-order chi connectivity index (χ0) is 15.8. The highest BCUT2D eigenvalue weighted by molar-refractivity contribution is 9.10. The maximum absolute atomic E-state index is 14.4. The van der Waals surface area contributed by atoms with Crippen molar-refractivity contribution in [2.75, 3.05) is 6.54 Å². The van der Waals surface area contributed by atoms with E-state index in [1.165, 1.54) is 6.07 Å². The Bertz CT molecular complexity index is 433. The minimum Gasteiger partial charge on any atom is -0.310 e. The Hall–Kier alpha value is -0.120. The smallest absolute Gasteiger partial charge is 0.129 e. The SMILES string of the molecule is CCCNC(c1cc(Cl)c(Br)cc1F)C(CCC)CCC. The fourth-order valence-corrected chi connectivity index (χ4v) is 3.31. The predicted octanol–water partition coefficient (Wildman–Crippen LogP) is 6.50.